The number of hydrogen-bond donors (Lipinski definition) is 2. The number of hydrogen-bond acceptors (Lipinski definition) is 4. The number of aliphatic hydroxyl groups is 1. The molecule has 0 radical (unpaired) electrons. The highest BCUT2D eigenvalue weighted by molar-refractivity contribution is 5.90. The van der Waals surface area contributed by atoms with Crippen molar-refractivity contribution in [3.05, 3.63) is 18.1 Å². The van der Waals surface area contributed by atoms with Crippen LogP contribution in [0.15, 0.2) is 12.5 Å². The van der Waals surface area contributed by atoms with Gasteiger partial charge in [-0.05, 0) is 30.2 Å². The molecular formula is C17H26N4O. The molecule has 0 atom stereocenters. The maximum atomic E-state index is 10.9. The van der Waals surface area contributed by atoms with Gasteiger partial charge in [-0.25, -0.2) is 9.97 Å². The van der Waals surface area contributed by atoms with Gasteiger partial charge in [0.05, 0.1) is 11.0 Å². The van der Waals surface area contributed by atoms with Gasteiger partial charge in [0.2, 0.25) is 0 Å². The zero-order valence-electron chi connectivity index (χ0n) is 14.0. The average molecular weight is 302 g/mol. The van der Waals surface area contributed by atoms with Crippen molar-refractivity contribution in [3.8, 4) is 0 Å². The molecule has 0 saturated carbocycles. The molecule has 5 nitrogen and oxygen atoms in total. The third-order valence-electron chi connectivity index (χ3n) is 5.20. The Kier molecular flexibility index (Phi) is 3.63. The van der Waals surface area contributed by atoms with E-state index >= 15 is 0 Å². The van der Waals surface area contributed by atoms with Crippen molar-refractivity contribution in [2.45, 2.75) is 52.6 Å². The summed E-state index contributed by atoms with van der Waals surface area (Å²) in [6, 6.07) is 0. The van der Waals surface area contributed by atoms with E-state index in [1.165, 1.54) is 5.56 Å². The SMILES string of the molecule is CCc1c[nH]c2ncnc(N3CCC(O)(C(C)(C)C)CC3)c12. The van der Waals surface area contributed by atoms with Crippen molar-refractivity contribution in [1.82, 2.24) is 15.0 Å². The van der Waals surface area contributed by atoms with Gasteiger partial charge in [-0.2, -0.15) is 0 Å². The number of nitrogens with one attached hydrogen (secondary N) is 1. The molecule has 0 spiro atoms. The van der Waals surface area contributed by atoms with Crippen molar-refractivity contribution in [2.24, 2.45) is 5.41 Å². The molecule has 1 aliphatic rings. The summed E-state index contributed by atoms with van der Waals surface area (Å²) in [5, 5.41) is 12.0. The Labute approximate surface area is 131 Å². The van der Waals surface area contributed by atoms with E-state index in [-0.39, 0.29) is 5.41 Å². The van der Waals surface area contributed by atoms with Gasteiger partial charge in [0.15, 0.2) is 0 Å². The van der Waals surface area contributed by atoms with E-state index in [4.69, 9.17) is 0 Å². The summed E-state index contributed by atoms with van der Waals surface area (Å²) in [6.45, 7) is 10.2. The molecule has 2 N–H and O–H groups in total. The predicted octanol–water partition coefficient (Wildman–Crippen LogP) is 2.90. The highest BCUT2D eigenvalue weighted by Gasteiger charge is 2.42. The third-order valence-corrected chi connectivity index (χ3v) is 5.20. The first-order chi connectivity index (χ1) is 10.4. The largest absolute Gasteiger partial charge is 0.389 e. The normalized spacial score (nSPS) is 18.9. The van der Waals surface area contributed by atoms with Gasteiger partial charge in [0.25, 0.3) is 0 Å². The summed E-state index contributed by atoms with van der Waals surface area (Å²) in [5.41, 5.74) is 1.46. The molecule has 2 aromatic heterocycles. The van der Waals surface area contributed by atoms with Gasteiger partial charge >= 0.3 is 0 Å². The van der Waals surface area contributed by atoms with E-state index in [0.29, 0.717) is 0 Å². The van der Waals surface area contributed by atoms with E-state index < -0.39 is 5.60 Å². The number of aryl methyl sites for hydroxylation is 1. The number of aromatic amines is 1. The molecular weight excluding hydrogens is 276 g/mol. The average Bonchev–Trinajstić information content (AvgIpc) is 2.90. The smallest absolute Gasteiger partial charge is 0.143 e. The first kappa shape index (κ1) is 15.3. The highest BCUT2D eigenvalue weighted by atomic mass is 16.3. The molecule has 120 valence electrons. The standard InChI is InChI=1S/C17H26N4O/c1-5-12-10-18-14-13(12)15(20-11-19-14)21-8-6-17(22,7-9-21)16(2,3)4/h10-11,22H,5-9H2,1-4H3,(H,18,19,20). The number of fused-ring (bicyclic) bond motifs is 1. The van der Waals surface area contributed by atoms with E-state index in [2.05, 4.69) is 47.5 Å². The minimum atomic E-state index is -0.596. The Hall–Kier alpha value is -1.62. The van der Waals surface area contributed by atoms with Crippen LogP contribution in [0.5, 0.6) is 0 Å². The van der Waals surface area contributed by atoms with Crippen molar-refractivity contribution >= 4 is 16.9 Å². The van der Waals surface area contributed by atoms with Gasteiger partial charge in [0.1, 0.15) is 17.8 Å². The van der Waals surface area contributed by atoms with Gasteiger partial charge in [-0.1, -0.05) is 27.7 Å². The zero-order chi connectivity index (χ0) is 16.0. The molecule has 1 aliphatic heterocycles. The molecule has 0 aromatic carbocycles. The second-order valence-electron chi connectivity index (χ2n) is 7.36. The van der Waals surface area contributed by atoms with Gasteiger partial charge in [-0.15, -0.1) is 0 Å². The topological polar surface area (TPSA) is 65.0 Å². The molecule has 1 fully saturated rings. The van der Waals surface area contributed by atoms with E-state index in [9.17, 15) is 5.11 Å². The van der Waals surface area contributed by atoms with Crippen LogP contribution in [0, 0.1) is 5.41 Å². The number of piperidine rings is 1. The lowest BCUT2D eigenvalue weighted by Crippen LogP contribution is -2.52. The van der Waals surface area contributed by atoms with Crippen LogP contribution in [0.3, 0.4) is 0 Å². The second kappa shape index (κ2) is 5.23. The Balaban J connectivity index is 1.90. The van der Waals surface area contributed by atoms with Crippen molar-refractivity contribution in [1.29, 1.82) is 0 Å². The summed E-state index contributed by atoms with van der Waals surface area (Å²) in [5.74, 6) is 0.999. The van der Waals surface area contributed by atoms with Crippen molar-refractivity contribution in [3.63, 3.8) is 0 Å². The Morgan fingerprint density at radius 2 is 1.95 bits per heavy atom. The predicted molar refractivity (Wildman–Crippen MR) is 89.1 cm³/mol. The van der Waals surface area contributed by atoms with Crippen LogP contribution in [0.2, 0.25) is 0 Å². The van der Waals surface area contributed by atoms with Crippen LogP contribution in [-0.4, -0.2) is 38.7 Å². The van der Waals surface area contributed by atoms with Crippen molar-refractivity contribution < 1.29 is 5.11 Å². The lowest BCUT2D eigenvalue weighted by atomic mass is 9.71. The van der Waals surface area contributed by atoms with E-state index in [0.717, 1.165) is 49.2 Å². The monoisotopic (exact) mass is 302 g/mol. The van der Waals surface area contributed by atoms with Crippen LogP contribution in [-0.2, 0) is 6.42 Å². The lowest BCUT2D eigenvalue weighted by molar-refractivity contribution is -0.0754. The fourth-order valence-corrected chi connectivity index (χ4v) is 3.37. The summed E-state index contributed by atoms with van der Waals surface area (Å²) >= 11 is 0. The summed E-state index contributed by atoms with van der Waals surface area (Å²) in [6.07, 6.45) is 6.15. The fraction of sp³-hybridized carbons (Fsp3) is 0.647. The Morgan fingerprint density at radius 1 is 1.27 bits per heavy atom. The Morgan fingerprint density at radius 3 is 2.55 bits per heavy atom. The third kappa shape index (κ3) is 2.37. The molecule has 22 heavy (non-hydrogen) atoms. The van der Waals surface area contributed by atoms with E-state index in [1.807, 2.05) is 6.20 Å². The quantitative estimate of drug-likeness (QED) is 0.895. The number of aromatic nitrogens is 3. The van der Waals surface area contributed by atoms with Gasteiger partial charge < -0.3 is 15.0 Å². The fourth-order valence-electron chi connectivity index (χ4n) is 3.37. The first-order valence-corrected chi connectivity index (χ1v) is 8.14. The van der Waals surface area contributed by atoms with Gasteiger partial charge in [-0.3, -0.25) is 0 Å². The molecule has 0 amide bonds. The van der Waals surface area contributed by atoms with Gasteiger partial charge in [0, 0.05) is 19.3 Å². The highest BCUT2D eigenvalue weighted by Crippen LogP contribution is 2.40. The zero-order valence-corrected chi connectivity index (χ0v) is 14.0. The van der Waals surface area contributed by atoms with Crippen LogP contribution in [0.4, 0.5) is 5.82 Å². The molecule has 5 heteroatoms. The summed E-state index contributed by atoms with van der Waals surface area (Å²) < 4.78 is 0. The van der Waals surface area contributed by atoms with Crippen LogP contribution < -0.4 is 4.90 Å². The molecule has 0 unspecified atom stereocenters. The molecule has 2 aromatic rings. The Bertz CT molecular complexity index is 663. The molecule has 0 bridgehead atoms. The number of anilines is 1. The minimum Gasteiger partial charge on any atom is -0.389 e. The van der Waals surface area contributed by atoms with Crippen LogP contribution in [0.1, 0.15) is 46.1 Å². The lowest BCUT2D eigenvalue weighted by Gasteiger charge is -2.46. The molecule has 3 rings (SSSR count). The molecule has 1 saturated heterocycles. The summed E-state index contributed by atoms with van der Waals surface area (Å²) in [4.78, 5) is 14.4. The molecule has 3 heterocycles. The second-order valence-corrected chi connectivity index (χ2v) is 7.36. The van der Waals surface area contributed by atoms with Crippen LogP contribution in [0.25, 0.3) is 11.0 Å². The number of nitrogens with zero attached hydrogens (tertiary/aromatic N) is 3. The minimum absolute atomic E-state index is 0.0945. The summed E-state index contributed by atoms with van der Waals surface area (Å²) in [7, 11) is 0. The maximum Gasteiger partial charge on any atom is 0.143 e. The number of rotatable bonds is 2. The number of H-pyrrole nitrogens is 1. The first-order valence-electron chi connectivity index (χ1n) is 8.14. The molecule has 0 aliphatic carbocycles. The van der Waals surface area contributed by atoms with Crippen molar-refractivity contribution in [2.75, 3.05) is 18.0 Å². The van der Waals surface area contributed by atoms with Crippen LogP contribution >= 0.6 is 0 Å². The maximum absolute atomic E-state index is 10.9. The van der Waals surface area contributed by atoms with E-state index in [1.54, 1.807) is 6.33 Å².